The summed E-state index contributed by atoms with van der Waals surface area (Å²) in [4.78, 5) is 0. The van der Waals surface area contributed by atoms with E-state index in [2.05, 4.69) is 5.10 Å². The van der Waals surface area contributed by atoms with Crippen LogP contribution in [0.4, 0.5) is 0 Å². The molecular formula is C14H18N4O. The fourth-order valence-electron chi connectivity index (χ4n) is 1.74. The standard InChI is InChI=1S/C14H18N4O/c1-10(2)19-13-8-12(14(15)16)17-18(13)9-11-6-4-3-5-7-11/h3-8,10H,9H2,1-2H3,(H3,15,16). The van der Waals surface area contributed by atoms with Gasteiger partial charge in [0.05, 0.1) is 12.6 Å². The first-order chi connectivity index (χ1) is 9.06. The van der Waals surface area contributed by atoms with Crippen LogP contribution in [-0.2, 0) is 6.54 Å². The Labute approximate surface area is 112 Å². The lowest BCUT2D eigenvalue weighted by Gasteiger charge is -2.11. The molecule has 3 N–H and O–H groups in total. The molecule has 0 bridgehead atoms. The first-order valence-corrected chi connectivity index (χ1v) is 6.19. The van der Waals surface area contributed by atoms with E-state index in [-0.39, 0.29) is 11.9 Å². The Morgan fingerprint density at radius 3 is 2.63 bits per heavy atom. The minimum absolute atomic E-state index is 0.0473. The van der Waals surface area contributed by atoms with Crippen LogP contribution in [0.2, 0.25) is 0 Å². The van der Waals surface area contributed by atoms with Crippen LogP contribution in [0.25, 0.3) is 0 Å². The molecule has 19 heavy (non-hydrogen) atoms. The zero-order valence-corrected chi connectivity index (χ0v) is 11.1. The number of aromatic nitrogens is 2. The van der Waals surface area contributed by atoms with Gasteiger partial charge in [0.15, 0.2) is 0 Å². The Hall–Kier alpha value is -2.30. The van der Waals surface area contributed by atoms with E-state index in [1.54, 1.807) is 10.7 Å². The normalized spacial score (nSPS) is 10.7. The average molecular weight is 258 g/mol. The summed E-state index contributed by atoms with van der Waals surface area (Å²) < 4.78 is 7.42. The summed E-state index contributed by atoms with van der Waals surface area (Å²) in [7, 11) is 0. The second kappa shape index (κ2) is 5.56. The van der Waals surface area contributed by atoms with E-state index in [1.807, 2.05) is 44.2 Å². The molecule has 0 aliphatic rings. The van der Waals surface area contributed by atoms with E-state index >= 15 is 0 Å². The van der Waals surface area contributed by atoms with Gasteiger partial charge < -0.3 is 10.5 Å². The zero-order chi connectivity index (χ0) is 13.8. The Bertz CT molecular complexity index is 560. The maximum absolute atomic E-state index is 7.45. The summed E-state index contributed by atoms with van der Waals surface area (Å²) >= 11 is 0. The number of ether oxygens (including phenoxy) is 1. The molecule has 0 aliphatic heterocycles. The summed E-state index contributed by atoms with van der Waals surface area (Å²) in [5, 5.41) is 11.8. The number of amidine groups is 1. The summed E-state index contributed by atoms with van der Waals surface area (Å²) in [5.74, 6) is 0.574. The number of benzene rings is 1. The van der Waals surface area contributed by atoms with Gasteiger partial charge in [-0.2, -0.15) is 5.10 Å². The van der Waals surface area contributed by atoms with Crippen LogP contribution >= 0.6 is 0 Å². The molecule has 1 heterocycles. The molecule has 0 fully saturated rings. The van der Waals surface area contributed by atoms with Gasteiger partial charge in [-0.1, -0.05) is 30.3 Å². The predicted octanol–water partition coefficient (Wildman–Crippen LogP) is 2.00. The van der Waals surface area contributed by atoms with Crippen LogP contribution in [0.3, 0.4) is 0 Å². The van der Waals surface area contributed by atoms with E-state index in [0.717, 1.165) is 5.56 Å². The van der Waals surface area contributed by atoms with E-state index in [4.69, 9.17) is 15.9 Å². The second-order valence-electron chi connectivity index (χ2n) is 4.59. The monoisotopic (exact) mass is 258 g/mol. The van der Waals surface area contributed by atoms with Crippen molar-refractivity contribution in [3.63, 3.8) is 0 Å². The third kappa shape index (κ3) is 3.34. The lowest BCUT2D eigenvalue weighted by Crippen LogP contribution is -2.13. The van der Waals surface area contributed by atoms with E-state index in [9.17, 15) is 0 Å². The molecule has 5 nitrogen and oxygen atoms in total. The highest BCUT2D eigenvalue weighted by molar-refractivity contribution is 5.93. The minimum atomic E-state index is -0.0552. The molecule has 1 aromatic heterocycles. The van der Waals surface area contributed by atoms with Crippen molar-refractivity contribution in [2.75, 3.05) is 0 Å². The molecule has 0 unspecified atom stereocenters. The predicted molar refractivity (Wildman–Crippen MR) is 74.6 cm³/mol. The van der Waals surface area contributed by atoms with Gasteiger partial charge in [-0.3, -0.25) is 5.41 Å². The number of nitrogens with one attached hydrogen (secondary N) is 1. The van der Waals surface area contributed by atoms with Gasteiger partial charge in [-0.15, -0.1) is 0 Å². The van der Waals surface area contributed by atoms with Crippen LogP contribution in [0.5, 0.6) is 5.88 Å². The molecule has 1 aromatic carbocycles. The fraction of sp³-hybridized carbons (Fsp3) is 0.286. The Morgan fingerprint density at radius 2 is 2.05 bits per heavy atom. The Kier molecular flexibility index (Phi) is 3.85. The van der Waals surface area contributed by atoms with Crippen LogP contribution in [0, 0.1) is 5.41 Å². The summed E-state index contributed by atoms with van der Waals surface area (Å²) in [6.45, 7) is 4.50. The first-order valence-electron chi connectivity index (χ1n) is 6.19. The smallest absolute Gasteiger partial charge is 0.213 e. The van der Waals surface area contributed by atoms with Gasteiger partial charge in [0.2, 0.25) is 5.88 Å². The maximum Gasteiger partial charge on any atom is 0.213 e. The number of nitrogens with zero attached hydrogens (tertiary/aromatic N) is 2. The lowest BCUT2D eigenvalue weighted by molar-refractivity contribution is 0.219. The van der Waals surface area contributed by atoms with Crippen LogP contribution in [0.15, 0.2) is 36.4 Å². The van der Waals surface area contributed by atoms with Crippen molar-refractivity contribution in [1.29, 1.82) is 5.41 Å². The van der Waals surface area contributed by atoms with Crippen LogP contribution < -0.4 is 10.5 Å². The quantitative estimate of drug-likeness (QED) is 0.636. The molecule has 0 saturated carbocycles. The van der Waals surface area contributed by atoms with Crippen molar-refractivity contribution in [2.24, 2.45) is 5.73 Å². The zero-order valence-electron chi connectivity index (χ0n) is 11.1. The van der Waals surface area contributed by atoms with E-state index in [1.165, 1.54) is 0 Å². The first kappa shape index (κ1) is 13.1. The number of hydrogen-bond acceptors (Lipinski definition) is 3. The highest BCUT2D eigenvalue weighted by Crippen LogP contribution is 2.17. The highest BCUT2D eigenvalue weighted by atomic mass is 16.5. The summed E-state index contributed by atoms with van der Waals surface area (Å²) in [5.41, 5.74) is 7.03. The van der Waals surface area contributed by atoms with Crippen molar-refractivity contribution in [2.45, 2.75) is 26.5 Å². The molecular weight excluding hydrogens is 240 g/mol. The average Bonchev–Trinajstić information content (AvgIpc) is 2.73. The van der Waals surface area contributed by atoms with Gasteiger partial charge in [0, 0.05) is 6.07 Å². The van der Waals surface area contributed by atoms with Gasteiger partial charge in [0.1, 0.15) is 11.5 Å². The maximum atomic E-state index is 7.45. The lowest BCUT2D eigenvalue weighted by atomic mass is 10.2. The number of rotatable bonds is 5. The summed E-state index contributed by atoms with van der Waals surface area (Å²) in [6, 6.07) is 11.7. The van der Waals surface area contributed by atoms with Crippen molar-refractivity contribution in [1.82, 2.24) is 9.78 Å². The van der Waals surface area contributed by atoms with Crippen molar-refractivity contribution < 1.29 is 4.74 Å². The molecule has 0 radical (unpaired) electrons. The highest BCUT2D eigenvalue weighted by Gasteiger charge is 2.12. The van der Waals surface area contributed by atoms with E-state index < -0.39 is 0 Å². The fourth-order valence-corrected chi connectivity index (χ4v) is 1.74. The molecule has 2 rings (SSSR count). The molecule has 0 atom stereocenters. The third-order valence-corrected chi connectivity index (χ3v) is 2.55. The van der Waals surface area contributed by atoms with Crippen molar-refractivity contribution in [3.05, 3.63) is 47.7 Å². The molecule has 0 amide bonds. The van der Waals surface area contributed by atoms with Gasteiger partial charge >= 0.3 is 0 Å². The largest absolute Gasteiger partial charge is 0.475 e. The molecule has 2 aromatic rings. The van der Waals surface area contributed by atoms with Crippen LogP contribution in [0.1, 0.15) is 25.1 Å². The number of hydrogen-bond donors (Lipinski definition) is 2. The van der Waals surface area contributed by atoms with Gasteiger partial charge in [0.25, 0.3) is 0 Å². The molecule has 0 aliphatic carbocycles. The minimum Gasteiger partial charge on any atom is -0.475 e. The van der Waals surface area contributed by atoms with Gasteiger partial charge in [-0.25, -0.2) is 4.68 Å². The Morgan fingerprint density at radius 1 is 1.37 bits per heavy atom. The summed E-state index contributed by atoms with van der Waals surface area (Å²) in [6.07, 6.45) is 0.0473. The molecule has 0 saturated heterocycles. The van der Waals surface area contributed by atoms with E-state index in [0.29, 0.717) is 18.1 Å². The second-order valence-corrected chi connectivity index (χ2v) is 4.59. The number of nitrogen functional groups attached to an aromatic ring is 1. The Balaban J connectivity index is 2.29. The SMILES string of the molecule is CC(C)Oc1cc(C(=N)N)nn1Cc1ccccc1. The molecule has 0 spiro atoms. The number of nitrogens with two attached hydrogens (primary N) is 1. The molecule has 100 valence electrons. The van der Waals surface area contributed by atoms with Crippen molar-refractivity contribution >= 4 is 5.84 Å². The topological polar surface area (TPSA) is 76.9 Å². The third-order valence-electron chi connectivity index (χ3n) is 2.55. The van der Waals surface area contributed by atoms with Gasteiger partial charge in [-0.05, 0) is 19.4 Å². The molecule has 5 heteroatoms. The van der Waals surface area contributed by atoms with Crippen LogP contribution in [-0.4, -0.2) is 21.7 Å². The van der Waals surface area contributed by atoms with Crippen molar-refractivity contribution in [3.8, 4) is 5.88 Å².